The summed E-state index contributed by atoms with van der Waals surface area (Å²) in [6, 6.07) is 20.6. The number of benzene rings is 2. The lowest BCUT2D eigenvalue weighted by Crippen LogP contribution is -2.04. The third-order valence-corrected chi connectivity index (χ3v) is 4.48. The number of hydrogen-bond donors (Lipinski definition) is 0. The average Bonchev–Trinajstić information content (AvgIpc) is 2.40. The van der Waals surface area contributed by atoms with Gasteiger partial charge in [-0.2, -0.15) is 5.26 Å². The van der Waals surface area contributed by atoms with Gasteiger partial charge in [0.1, 0.15) is 12.0 Å². The van der Waals surface area contributed by atoms with Crippen LogP contribution in [0.1, 0.15) is 11.1 Å². The van der Waals surface area contributed by atoms with Crippen molar-refractivity contribution in [2.24, 2.45) is 0 Å². The molecule has 2 aromatic rings. The van der Waals surface area contributed by atoms with Crippen LogP contribution in [0.5, 0.6) is 0 Å². The van der Waals surface area contributed by atoms with Gasteiger partial charge in [-0.15, -0.1) is 0 Å². The minimum Gasteiger partial charge on any atom is -0.192 e. The van der Waals surface area contributed by atoms with Crippen LogP contribution in [0.4, 0.5) is 0 Å². The molecule has 1 nitrogen and oxygen atoms in total. The number of hydrogen-bond acceptors (Lipinski definition) is 1. The van der Waals surface area contributed by atoms with Gasteiger partial charge in [-0.1, -0.05) is 36.4 Å². The highest BCUT2D eigenvalue weighted by molar-refractivity contribution is 7.95. The maximum Gasteiger partial charge on any atom is 0.154 e. The molecule has 2 heteroatoms. The van der Waals surface area contributed by atoms with E-state index in [9.17, 15) is 0 Å². The van der Waals surface area contributed by atoms with Crippen LogP contribution in [0, 0.1) is 11.3 Å². The molecular formula is C15H14NS+. The van der Waals surface area contributed by atoms with E-state index in [0.717, 1.165) is 16.9 Å². The van der Waals surface area contributed by atoms with E-state index < -0.39 is 0 Å². The molecule has 2 aromatic carbocycles. The molecule has 0 heterocycles. The van der Waals surface area contributed by atoms with E-state index in [0.29, 0.717) is 0 Å². The molecule has 0 spiro atoms. The van der Waals surface area contributed by atoms with Crippen molar-refractivity contribution in [3.8, 4) is 6.07 Å². The zero-order chi connectivity index (χ0) is 12.1. The fourth-order valence-electron chi connectivity index (χ4n) is 1.72. The number of nitriles is 1. The Labute approximate surface area is 105 Å². The van der Waals surface area contributed by atoms with Crippen molar-refractivity contribution in [1.29, 1.82) is 5.26 Å². The fourth-order valence-corrected chi connectivity index (χ4v) is 3.23. The largest absolute Gasteiger partial charge is 0.192 e. The molecule has 0 radical (unpaired) electrons. The minimum atomic E-state index is 0.153. The molecule has 0 saturated carbocycles. The Bertz CT molecular complexity index is 528. The highest BCUT2D eigenvalue weighted by Gasteiger charge is 2.17. The van der Waals surface area contributed by atoms with E-state index in [1.165, 1.54) is 4.90 Å². The zero-order valence-electron chi connectivity index (χ0n) is 9.76. The summed E-state index contributed by atoms with van der Waals surface area (Å²) in [5.41, 5.74) is 1.94. The summed E-state index contributed by atoms with van der Waals surface area (Å²) in [4.78, 5) is 1.35. The van der Waals surface area contributed by atoms with Gasteiger partial charge >= 0.3 is 0 Å². The van der Waals surface area contributed by atoms with Crippen molar-refractivity contribution in [2.45, 2.75) is 10.6 Å². The summed E-state index contributed by atoms with van der Waals surface area (Å²) in [6.07, 6.45) is 2.23. The van der Waals surface area contributed by atoms with Gasteiger partial charge < -0.3 is 0 Å². The molecule has 0 bridgehead atoms. The van der Waals surface area contributed by atoms with Gasteiger partial charge in [-0.05, 0) is 18.2 Å². The number of rotatable bonds is 3. The molecule has 0 amide bonds. The molecule has 0 aliphatic heterocycles. The zero-order valence-corrected chi connectivity index (χ0v) is 10.6. The predicted molar refractivity (Wildman–Crippen MR) is 72.9 cm³/mol. The first-order valence-electron chi connectivity index (χ1n) is 5.47. The van der Waals surface area contributed by atoms with Gasteiger partial charge in [0, 0.05) is 16.5 Å². The lowest BCUT2D eigenvalue weighted by molar-refractivity contribution is 1.32. The Morgan fingerprint density at radius 3 is 2.35 bits per heavy atom. The summed E-state index contributed by atoms with van der Waals surface area (Å²) in [7, 11) is 0.153. The SMILES string of the molecule is C[S+](Cc1ccccc1C#N)c1ccccc1. The lowest BCUT2D eigenvalue weighted by Gasteiger charge is -2.04. The first-order valence-corrected chi connectivity index (χ1v) is 7.27. The second-order valence-corrected chi connectivity index (χ2v) is 5.90. The second kappa shape index (κ2) is 5.56. The van der Waals surface area contributed by atoms with E-state index in [4.69, 9.17) is 5.26 Å². The Morgan fingerprint density at radius 2 is 1.65 bits per heavy atom. The Kier molecular flexibility index (Phi) is 3.85. The summed E-state index contributed by atoms with van der Waals surface area (Å²) in [6.45, 7) is 0. The predicted octanol–water partition coefficient (Wildman–Crippen LogP) is 3.37. The molecule has 2 rings (SSSR count). The van der Waals surface area contributed by atoms with Crippen LogP contribution in [0.25, 0.3) is 0 Å². The first-order chi connectivity index (χ1) is 8.31. The van der Waals surface area contributed by atoms with Crippen molar-refractivity contribution in [3.05, 3.63) is 65.7 Å². The van der Waals surface area contributed by atoms with E-state index in [1.807, 2.05) is 30.3 Å². The summed E-state index contributed by atoms with van der Waals surface area (Å²) < 4.78 is 0. The monoisotopic (exact) mass is 240 g/mol. The first kappa shape index (κ1) is 11.8. The van der Waals surface area contributed by atoms with E-state index in [-0.39, 0.29) is 10.9 Å². The molecular weight excluding hydrogens is 226 g/mol. The molecule has 0 aliphatic carbocycles. The Hall–Kier alpha value is -1.72. The van der Waals surface area contributed by atoms with Gasteiger partial charge in [0.15, 0.2) is 4.90 Å². The van der Waals surface area contributed by atoms with Crippen molar-refractivity contribution in [1.82, 2.24) is 0 Å². The Morgan fingerprint density at radius 1 is 1.00 bits per heavy atom. The van der Waals surface area contributed by atoms with Crippen LogP contribution in [-0.4, -0.2) is 6.26 Å². The van der Waals surface area contributed by atoms with Gasteiger partial charge in [-0.3, -0.25) is 0 Å². The fraction of sp³-hybridized carbons (Fsp3) is 0.133. The van der Waals surface area contributed by atoms with Crippen molar-refractivity contribution < 1.29 is 0 Å². The average molecular weight is 240 g/mol. The van der Waals surface area contributed by atoms with Crippen LogP contribution in [0.2, 0.25) is 0 Å². The van der Waals surface area contributed by atoms with Crippen LogP contribution < -0.4 is 0 Å². The maximum absolute atomic E-state index is 9.05. The normalized spacial score (nSPS) is 11.8. The van der Waals surface area contributed by atoms with Crippen LogP contribution in [0.15, 0.2) is 59.5 Å². The minimum absolute atomic E-state index is 0.153. The molecule has 0 aromatic heterocycles. The third-order valence-electron chi connectivity index (χ3n) is 2.66. The third kappa shape index (κ3) is 2.89. The summed E-state index contributed by atoms with van der Waals surface area (Å²) >= 11 is 0. The van der Waals surface area contributed by atoms with Gasteiger partial charge in [0.25, 0.3) is 0 Å². The molecule has 0 aliphatic rings. The summed E-state index contributed by atoms with van der Waals surface area (Å²) in [5.74, 6) is 0.938. The molecule has 0 N–H and O–H groups in total. The van der Waals surface area contributed by atoms with E-state index in [1.54, 1.807) is 0 Å². The molecule has 1 unspecified atom stereocenters. The van der Waals surface area contributed by atoms with Crippen molar-refractivity contribution in [3.63, 3.8) is 0 Å². The quantitative estimate of drug-likeness (QED) is 0.755. The molecule has 1 atom stereocenters. The summed E-state index contributed by atoms with van der Waals surface area (Å²) in [5, 5.41) is 9.05. The van der Waals surface area contributed by atoms with Crippen LogP contribution in [0.3, 0.4) is 0 Å². The standard InChI is InChI=1S/C15H14NS/c1-17(15-9-3-2-4-10-15)12-14-8-6-5-7-13(14)11-16/h2-10H,12H2,1H3/q+1. The van der Waals surface area contributed by atoms with Gasteiger partial charge in [0.2, 0.25) is 0 Å². The number of nitrogens with zero attached hydrogens (tertiary/aromatic N) is 1. The van der Waals surface area contributed by atoms with Crippen molar-refractivity contribution in [2.75, 3.05) is 6.26 Å². The topological polar surface area (TPSA) is 23.8 Å². The second-order valence-electron chi connectivity index (χ2n) is 3.86. The molecule has 0 fully saturated rings. The molecule has 84 valence electrons. The highest BCUT2D eigenvalue weighted by Crippen LogP contribution is 2.18. The van der Waals surface area contributed by atoms with E-state index >= 15 is 0 Å². The van der Waals surface area contributed by atoms with E-state index in [2.05, 4.69) is 36.6 Å². The van der Waals surface area contributed by atoms with Crippen LogP contribution in [-0.2, 0) is 16.6 Å². The van der Waals surface area contributed by atoms with Gasteiger partial charge in [-0.25, -0.2) is 0 Å². The molecule has 0 saturated heterocycles. The lowest BCUT2D eigenvalue weighted by atomic mass is 10.1. The Balaban J connectivity index is 2.19. The highest BCUT2D eigenvalue weighted by atomic mass is 32.2. The molecule has 17 heavy (non-hydrogen) atoms. The van der Waals surface area contributed by atoms with Crippen LogP contribution >= 0.6 is 0 Å². The van der Waals surface area contributed by atoms with Gasteiger partial charge in [0.05, 0.1) is 11.6 Å². The van der Waals surface area contributed by atoms with Crippen molar-refractivity contribution >= 4 is 10.9 Å². The smallest absolute Gasteiger partial charge is 0.154 e. The maximum atomic E-state index is 9.05.